The van der Waals surface area contributed by atoms with Crippen LogP contribution in [0, 0.1) is 6.92 Å². The van der Waals surface area contributed by atoms with Crippen LogP contribution >= 0.6 is 0 Å². The standard InChI is InChI=1S/C23H25NO/c1-19-9-5-6-13-22(19)18-25-23-14-8-7-12-21(23)17-24-16-15-20-10-3-2-4-11-20/h2-14,24H,15-18H2,1H3. The molecule has 0 fully saturated rings. The van der Waals surface area contributed by atoms with Gasteiger partial charge in [0.2, 0.25) is 0 Å². The normalized spacial score (nSPS) is 10.6. The van der Waals surface area contributed by atoms with Crippen LogP contribution in [-0.2, 0) is 19.6 Å². The van der Waals surface area contributed by atoms with Gasteiger partial charge in [-0.15, -0.1) is 0 Å². The van der Waals surface area contributed by atoms with Crippen molar-refractivity contribution in [2.45, 2.75) is 26.5 Å². The van der Waals surface area contributed by atoms with E-state index in [4.69, 9.17) is 4.74 Å². The summed E-state index contributed by atoms with van der Waals surface area (Å²) in [4.78, 5) is 0. The lowest BCUT2D eigenvalue weighted by Gasteiger charge is -2.13. The summed E-state index contributed by atoms with van der Waals surface area (Å²) < 4.78 is 6.08. The Bertz CT molecular complexity index is 783. The monoisotopic (exact) mass is 331 g/mol. The summed E-state index contributed by atoms with van der Waals surface area (Å²) in [6, 6.07) is 27.2. The summed E-state index contributed by atoms with van der Waals surface area (Å²) in [5.74, 6) is 0.956. The molecule has 0 aromatic heterocycles. The van der Waals surface area contributed by atoms with Gasteiger partial charge in [-0.2, -0.15) is 0 Å². The van der Waals surface area contributed by atoms with E-state index in [1.54, 1.807) is 0 Å². The Kier molecular flexibility index (Phi) is 6.24. The second kappa shape index (κ2) is 9.05. The van der Waals surface area contributed by atoms with E-state index >= 15 is 0 Å². The molecule has 0 radical (unpaired) electrons. The molecular weight excluding hydrogens is 306 g/mol. The smallest absolute Gasteiger partial charge is 0.124 e. The van der Waals surface area contributed by atoms with E-state index in [0.717, 1.165) is 25.3 Å². The summed E-state index contributed by atoms with van der Waals surface area (Å²) in [6.45, 7) is 4.50. The lowest BCUT2D eigenvalue weighted by atomic mass is 10.1. The van der Waals surface area contributed by atoms with Gasteiger partial charge in [-0.25, -0.2) is 0 Å². The minimum Gasteiger partial charge on any atom is -0.489 e. The first-order valence-electron chi connectivity index (χ1n) is 8.83. The zero-order valence-corrected chi connectivity index (χ0v) is 14.7. The van der Waals surface area contributed by atoms with Gasteiger partial charge in [-0.05, 0) is 42.6 Å². The molecule has 0 spiro atoms. The van der Waals surface area contributed by atoms with Gasteiger partial charge in [-0.3, -0.25) is 0 Å². The third kappa shape index (κ3) is 5.20. The van der Waals surface area contributed by atoms with Gasteiger partial charge in [0.15, 0.2) is 0 Å². The Balaban J connectivity index is 1.53. The Morgan fingerprint density at radius 3 is 2.24 bits per heavy atom. The topological polar surface area (TPSA) is 21.3 Å². The number of benzene rings is 3. The highest BCUT2D eigenvalue weighted by Crippen LogP contribution is 2.20. The van der Waals surface area contributed by atoms with Crippen molar-refractivity contribution < 1.29 is 4.74 Å². The Morgan fingerprint density at radius 1 is 0.760 bits per heavy atom. The summed E-state index contributed by atoms with van der Waals surface area (Å²) in [6.07, 6.45) is 1.03. The van der Waals surface area contributed by atoms with E-state index in [2.05, 4.69) is 79.0 Å². The highest BCUT2D eigenvalue weighted by atomic mass is 16.5. The first-order valence-corrected chi connectivity index (χ1v) is 8.83. The molecule has 0 saturated heterocycles. The van der Waals surface area contributed by atoms with E-state index in [1.165, 1.54) is 22.3 Å². The Morgan fingerprint density at radius 2 is 1.44 bits per heavy atom. The molecule has 0 atom stereocenters. The average molecular weight is 331 g/mol. The molecule has 0 unspecified atom stereocenters. The highest BCUT2D eigenvalue weighted by molar-refractivity contribution is 5.34. The van der Waals surface area contributed by atoms with Crippen LogP contribution in [0.1, 0.15) is 22.3 Å². The average Bonchev–Trinajstić information content (AvgIpc) is 2.66. The van der Waals surface area contributed by atoms with Gasteiger partial charge in [0.25, 0.3) is 0 Å². The first-order chi connectivity index (χ1) is 12.3. The maximum absolute atomic E-state index is 6.08. The first kappa shape index (κ1) is 17.2. The Labute approximate surface area is 150 Å². The van der Waals surface area contributed by atoms with Crippen LogP contribution in [0.4, 0.5) is 0 Å². The molecule has 128 valence electrons. The van der Waals surface area contributed by atoms with Crippen molar-refractivity contribution in [2.75, 3.05) is 6.54 Å². The minimum absolute atomic E-state index is 0.605. The molecule has 0 aliphatic rings. The lowest BCUT2D eigenvalue weighted by molar-refractivity contribution is 0.301. The summed E-state index contributed by atoms with van der Waals surface area (Å²) in [5, 5.41) is 3.52. The SMILES string of the molecule is Cc1ccccc1COc1ccccc1CNCCc1ccccc1. The molecule has 2 nitrogen and oxygen atoms in total. The highest BCUT2D eigenvalue weighted by Gasteiger charge is 2.04. The molecule has 0 saturated carbocycles. The summed E-state index contributed by atoms with van der Waals surface area (Å²) in [7, 11) is 0. The van der Waals surface area contributed by atoms with E-state index in [-0.39, 0.29) is 0 Å². The molecule has 0 aliphatic carbocycles. The molecule has 3 aromatic rings. The fourth-order valence-corrected chi connectivity index (χ4v) is 2.82. The molecule has 3 aromatic carbocycles. The zero-order chi connectivity index (χ0) is 17.3. The molecule has 0 heterocycles. The second-order valence-corrected chi connectivity index (χ2v) is 6.24. The number of hydrogen-bond acceptors (Lipinski definition) is 2. The van der Waals surface area contributed by atoms with Gasteiger partial charge < -0.3 is 10.1 Å². The van der Waals surface area contributed by atoms with E-state index in [0.29, 0.717) is 6.61 Å². The number of aryl methyl sites for hydroxylation is 1. The van der Waals surface area contributed by atoms with Crippen molar-refractivity contribution in [2.24, 2.45) is 0 Å². The number of ether oxygens (including phenoxy) is 1. The second-order valence-electron chi connectivity index (χ2n) is 6.24. The third-order valence-corrected chi connectivity index (χ3v) is 4.37. The fourth-order valence-electron chi connectivity index (χ4n) is 2.82. The van der Waals surface area contributed by atoms with Crippen LogP contribution in [-0.4, -0.2) is 6.54 Å². The number of para-hydroxylation sites is 1. The van der Waals surface area contributed by atoms with E-state index < -0.39 is 0 Å². The summed E-state index contributed by atoms with van der Waals surface area (Å²) in [5.41, 5.74) is 5.05. The number of nitrogens with one attached hydrogen (secondary N) is 1. The van der Waals surface area contributed by atoms with Crippen LogP contribution in [0.2, 0.25) is 0 Å². The van der Waals surface area contributed by atoms with Gasteiger partial charge in [-0.1, -0.05) is 72.8 Å². The van der Waals surface area contributed by atoms with Crippen molar-refractivity contribution in [3.05, 3.63) is 101 Å². The van der Waals surface area contributed by atoms with Crippen molar-refractivity contribution in [1.82, 2.24) is 5.32 Å². The van der Waals surface area contributed by atoms with Crippen LogP contribution in [0.3, 0.4) is 0 Å². The van der Waals surface area contributed by atoms with Crippen LogP contribution in [0.5, 0.6) is 5.75 Å². The van der Waals surface area contributed by atoms with Gasteiger partial charge in [0.05, 0.1) is 0 Å². The van der Waals surface area contributed by atoms with Crippen molar-refractivity contribution in [3.8, 4) is 5.75 Å². The van der Waals surface area contributed by atoms with Crippen LogP contribution in [0.25, 0.3) is 0 Å². The van der Waals surface area contributed by atoms with E-state index in [1.807, 2.05) is 12.1 Å². The fraction of sp³-hybridized carbons (Fsp3) is 0.217. The van der Waals surface area contributed by atoms with Gasteiger partial charge >= 0.3 is 0 Å². The predicted molar refractivity (Wildman–Crippen MR) is 104 cm³/mol. The maximum Gasteiger partial charge on any atom is 0.124 e. The maximum atomic E-state index is 6.08. The van der Waals surface area contributed by atoms with Gasteiger partial charge in [0.1, 0.15) is 12.4 Å². The van der Waals surface area contributed by atoms with E-state index in [9.17, 15) is 0 Å². The largest absolute Gasteiger partial charge is 0.489 e. The Hall–Kier alpha value is -2.58. The van der Waals surface area contributed by atoms with Crippen LogP contribution in [0.15, 0.2) is 78.9 Å². The molecular formula is C23H25NO. The van der Waals surface area contributed by atoms with Crippen molar-refractivity contribution >= 4 is 0 Å². The molecule has 0 amide bonds. The summed E-state index contributed by atoms with van der Waals surface area (Å²) >= 11 is 0. The van der Waals surface area contributed by atoms with Crippen molar-refractivity contribution in [3.63, 3.8) is 0 Å². The predicted octanol–water partition coefficient (Wildman–Crippen LogP) is 4.91. The third-order valence-electron chi connectivity index (χ3n) is 4.37. The lowest BCUT2D eigenvalue weighted by Crippen LogP contribution is -2.17. The van der Waals surface area contributed by atoms with Gasteiger partial charge in [0, 0.05) is 12.1 Å². The molecule has 25 heavy (non-hydrogen) atoms. The molecule has 0 aliphatic heterocycles. The molecule has 3 rings (SSSR count). The van der Waals surface area contributed by atoms with Crippen molar-refractivity contribution in [1.29, 1.82) is 0 Å². The van der Waals surface area contributed by atoms with Crippen LogP contribution < -0.4 is 10.1 Å². The number of hydrogen-bond donors (Lipinski definition) is 1. The molecule has 1 N–H and O–H groups in total. The molecule has 0 bridgehead atoms. The molecule has 2 heteroatoms. The minimum atomic E-state index is 0.605. The quantitative estimate of drug-likeness (QED) is 0.592. The zero-order valence-electron chi connectivity index (χ0n) is 14.7. The number of rotatable bonds is 8.